The molecule has 140 valence electrons. The largest absolute Gasteiger partial charge is 0.364 e. The lowest BCUT2D eigenvalue weighted by molar-refractivity contribution is -0.907. The number of aryl methyl sites for hydroxylation is 2. The summed E-state index contributed by atoms with van der Waals surface area (Å²) in [4.78, 5) is 13.8. The number of ether oxygens (including phenoxy) is 1. The number of carbonyl (C=O) groups is 1. The van der Waals surface area contributed by atoms with Crippen molar-refractivity contribution in [2.75, 3.05) is 25.0 Å². The van der Waals surface area contributed by atoms with Crippen LogP contribution in [0.3, 0.4) is 0 Å². The highest BCUT2D eigenvalue weighted by Gasteiger charge is 2.27. The average molecular weight is 357 g/mol. The number of hydrogen-bond donors (Lipinski definition) is 2. The molecule has 1 aromatic heterocycles. The maximum Gasteiger partial charge on any atom is 0.279 e. The second kappa shape index (κ2) is 7.60. The zero-order valence-corrected chi connectivity index (χ0v) is 16.3. The van der Waals surface area contributed by atoms with Crippen LogP contribution in [0.15, 0.2) is 24.3 Å². The van der Waals surface area contributed by atoms with Crippen molar-refractivity contribution in [3.05, 3.63) is 41.2 Å². The molecule has 1 aliphatic rings. The van der Waals surface area contributed by atoms with Crippen LogP contribution in [0.25, 0.3) is 5.69 Å². The minimum absolute atomic E-state index is 0.0240. The molecule has 26 heavy (non-hydrogen) atoms. The highest BCUT2D eigenvalue weighted by Crippen LogP contribution is 2.22. The third-order valence-electron chi connectivity index (χ3n) is 4.86. The summed E-state index contributed by atoms with van der Waals surface area (Å²) in [6.45, 7) is 12.3. The van der Waals surface area contributed by atoms with Gasteiger partial charge in [-0.1, -0.05) is 17.7 Å². The molecule has 2 N–H and O–H groups in total. The minimum Gasteiger partial charge on any atom is -0.364 e. The Morgan fingerprint density at radius 2 is 1.81 bits per heavy atom. The van der Waals surface area contributed by atoms with Crippen molar-refractivity contribution in [2.45, 2.75) is 46.8 Å². The van der Waals surface area contributed by atoms with Gasteiger partial charge in [0.1, 0.15) is 25.3 Å². The molecule has 0 radical (unpaired) electrons. The summed E-state index contributed by atoms with van der Waals surface area (Å²) in [6.07, 6.45) is 0.378. The zero-order chi connectivity index (χ0) is 18.8. The number of quaternary nitrogens is 1. The minimum atomic E-state index is 0.0240. The molecule has 1 saturated heterocycles. The molecule has 1 amide bonds. The summed E-state index contributed by atoms with van der Waals surface area (Å²) >= 11 is 0. The molecule has 2 aromatic rings. The first-order valence-corrected chi connectivity index (χ1v) is 9.25. The number of amides is 1. The predicted molar refractivity (Wildman–Crippen MR) is 102 cm³/mol. The fourth-order valence-electron chi connectivity index (χ4n) is 3.71. The molecule has 3 rings (SSSR count). The number of benzene rings is 1. The third-order valence-corrected chi connectivity index (χ3v) is 4.86. The predicted octanol–water partition coefficient (Wildman–Crippen LogP) is 1.43. The van der Waals surface area contributed by atoms with E-state index < -0.39 is 0 Å². The van der Waals surface area contributed by atoms with Gasteiger partial charge in [-0.05, 0) is 46.8 Å². The number of rotatable bonds is 4. The Morgan fingerprint density at radius 3 is 2.42 bits per heavy atom. The summed E-state index contributed by atoms with van der Waals surface area (Å²) in [6, 6.07) is 8.21. The molecule has 6 nitrogen and oxygen atoms in total. The zero-order valence-electron chi connectivity index (χ0n) is 16.3. The molecule has 1 aliphatic heterocycles. The standard InChI is InChI=1S/C20H28N4O2/c1-13-6-8-18(9-7-13)24-17(5)20(16(4)22-24)21-19(25)12-23-10-14(2)26-15(3)11-23/h6-9,14-15H,10-12H2,1-5H3,(H,21,25)/p+1/t14-,15+. The van der Waals surface area contributed by atoms with E-state index in [1.54, 1.807) is 0 Å². The topological polar surface area (TPSA) is 60.6 Å². The van der Waals surface area contributed by atoms with E-state index in [9.17, 15) is 4.79 Å². The first kappa shape index (κ1) is 18.6. The van der Waals surface area contributed by atoms with Crippen LogP contribution in [0, 0.1) is 20.8 Å². The number of hydrogen-bond acceptors (Lipinski definition) is 3. The first-order valence-electron chi connectivity index (χ1n) is 9.25. The van der Waals surface area contributed by atoms with E-state index in [2.05, 4.69) is 43.3 Å². The van der Waals surface area contributed by atoms with Gasteiger partial charge in [-0.2, -0.15) is 5.10 Å². The van der Waals surface area contributed by atoms with Crippen molar-refractivity contribution in [1.29, 1.82) is 0 Å². The van der Waals surface area contributed by atoms with Gasteiger partial charge in [0.15, 0.2) is 6.54 Å². The van der Waals surface area contributed by atoms with E-state index in [-0.39, 0.29) is 18.1 Å². The normalized spacial score (nSPS) is 23.0. The summed E-state index contributed by atoms with van der Waals surface area (Å²) in [5.74, 6) is 0.0240. The molecule has 1 fully saturated rings. The van der Waals surface area contributed by atoms with Gasteiger partial charge in [-0.3, -0.25) is 4.79 Å². The second-order valence-corrected chi connectivity index (χ2v) is 7.43. The Morgan fingerprint density at radius 1 is 1.19 bits per heavy atom. The molecule has 3 atom stereocenters. The Balaban J connectivity index is 1.71. The molecular formula is C20H29N4O2+. The van der Waals surface area contributed by atoms with Gasteiger partial charge >= 0.3 is 0 Å². The Bertz CT molecular complexity index is 772. The lowest BCUT2D eigenvalue weighted by atomic mass is 10.2. The number of nitrogens with one attached hydrogen (secondary N) is 2. The molecular weight excluding hydrogens is 328 g/mol. The molecule has 6 heteroatoms. The van der Waals surface area contributed by atoms with Crippen LogP contribution in [-0.4, -0.2) is 47.5 Å². The van der Waals surface area contributed by atoms with E-state index in [4.69, 9.17) is 4.74 Å². The van der Waals surface area contributed by atoms with Crippen LogP contribution in [0.2, 0.25) is 0 Å². The van der Waals surface area contributed by atoms with Crippen LogP contribution < -0.4 is 10.2 Å². The second-order valence-electron chi connectivity index (χ2n) is 7.43. The number of carbonyl (C=O) groups excluding carboxylic acids is 1. The summed E-state index contributed by atoms with van der Waals surface area (Å²) in [7, 11) is 0. The van der Waals surface area contributed by atoms with Crippen molar-refractivity contribution < 1.29 is 14.4 Å². The molecule has 2 heterocycles. The van der Waals surface area contributed by atoms with Crippen molar-refractivity contribution in [1.82, 2.24) is 9.78 Å². The van der Waals surface area contributed by atoms with E-state index in [1.807, 2.05) is 30.7 Å². The Labute approximate surface area is 155 Å². The highest BCUT2D eigenvalue weighted by molar-refractivity contribution is 5.92. The van der Waals surface area contributed by atoms with Crippen molar-refractivity contribution in [3.63, 3.8) is 0 Å². The van der Waals surface area contributed by atoms with E-state index in [0.29, 0.717) is 6.54 Å². The molecule has 0 saturated carbocycles. The smallest absolute Gasteiger partial charge is 0.279 e. The molecule has 0 aliphatic carbocycles. The van der Waals surface area contributed by atoms with E-state index in [1.165, 1.54) is 10.5 Å². The molecule has 0 bridgehead atoms. The average Bonchev–Trinajstić information content (AvgIpc) is 2.83. The third kappa shape index (κ3) is 4.14. The van der Waals surface area contributed by atoms with Gasteiger partial charge in [0.05, 0.1) is 22.8 Å². The summed E-state index contributed by atoms with van der Waals surface area (Å²) in [5, 5.41) is 7.68. The quantitative estimate of drug-likeness (QED) is 0.870. The maximum atomic E-state index is 12.6. The number of morpholine rings is 1. The fraction of sp³-hybridized carbons (Fsp3) is 0.500. The van der Waals surface area contributed by atoms with E-state index in [0.717, 1.165) is 35.9 Å². The lowest BCUT2D eigenvalue weighted by Gasteiger charge is -2.31. The van der Waals surface area contributed by atoms with Crippen LogP contribution >= 0.6 is 0 Å². The van der Waals surface area contributed by atoms with Gasteiger partial charge in [0.25, 0.3) is 5.91 Å². The number of anilines is 1. The molecule has 0 spiro atoms. The number of aromatic nitrogens is 2. The first-order chi connectivity index (χ1) is 12.3. The Kier molecular flexibility index (Phi) is 5.44. The summed E-state index contributed by atoms with van der Waals surface area (Å²) in [5.41, 5.74) is 4.79. The Hall–Kier alpha value is -2.18. The van der Waals surface area contributed by atoms with Gasteiger partial charge < -0.3 is 15.0 Å². The van der Waals surface area contributed by atoms with Crippen molar-refractivity contribution in [3.8, 4) is 5.69 Å². The van der Waals surface area contributed by atoms with E-state index >= 15 is 0 Å². The van der Waals surface area contributed by atoms with Gasteiger partial charge in [0, 0.05) is 0 Å². The van der Waals surface area contributed by atoms with Crippen molar-refractivity contribution in [2.24, 2.45) is 0 Å². The van der Waals surface area contributed by atoms with Crippen LogP contribution in [0.1, 0.15) is 30.8 Å². The molecule has 1 aromatic carbocycles. The summed E-state index contributed by atoms with van der Waals surface area (Å²) < 4.78 is 7.63. The number of nitrogens with zero attached hydrogens (tertiary/aromatic N) is 2. The van der Waals surface area contributed by atoms with Crippen LogP contribution in [-0.2, 0) is 9.53 Å². The van der Waals surface area contributed by atoms with Crippen LogP contribution in [0.4, 0.5) is 5.69 Å². The highest BCUT2D eigenvalue weighted by atomic mass is 16.5. The lowest BCUT2D eigenvalue weighted by Crippen LogP contribution is -3.16. The van der Waals surface area contributed by atoms with Gasteiger partial charge in [0.2, 0.25) is 0 Å². The fourth-order valence-corrected chi connectivity index (χ4v) is 3.71. The molecule has 1 unspecified atom stereocenters. The SMILES string of the molecule is Cc1ccc(-n2nc(C)c(NC(=O)C[NH+]3C[C@@H](C)O[C@@H](C)C3)c2C)cc1. The van der Waals surface area contributed by atoms with Crippen LogP contribution in [0.5, 0.6) is 0 Å². The maximum absolute atomic E-state index is 12.6. The van der Waals surface area contributed by atoms with Gasteiger partial charge in [-0.15, -0.1) is 0 Å². The monoisotopic (exact) mass is 357 g/mol. The van der Waals surface area contributed by atoms with Crippen molar-refractivity contribution >= 4 is 11.6 Å². The van der Waals surface area contributed by atoms with Gasteiger partial charge in [-0.25, -0.2) is 4.68 Å².